The molecule has 0 fully saturated rings. The highest BCUT2D eigenvalue weighted by atomic mass is 19.4. The quantitative estimate of drug-likeness (QED) is 0.424. The van der Waals surface area contributed by atoms with Gasteiger partial charge < -0.3 is 14.9 Å². The van der Waals surface area contributed by atoms with Crippen LogP contribution >= 0.6 is 0 Å². The first-order chi connectivity index (χ1) is 13.2. The van der Waals surface area contributed by atoms with Crippen molar-refractivity contribution in [1.82, 2.24) is 5.32 Å². The van der Waals surface area contributed by atoms with E-state index < -0.39 is 30.0 Å². The van der Waals surface area contributed by atoms with Gasteiger partial charge >= 0.3 is 6.18 Å². The van der Waals surface area contributed by atoms with Crippen molar-refractivity contribution in [3.63, 3.8) is 0 Å². The molecule has 0 saturated carbocycles. The molecule has 2 aromatic carbocycles. The second-order valence-electron chi connectivity index (χ2n) is 6.86. The minimum absolute atomic E-state index is 0.0493. The minimum atomic E-state index is -4.57. The number of ether oxygens (including phenoxy) is 1. The van der Waals surface area contributed by atoms with Gasteiger partial charge in [0, 0.05) is 17.5 Å². The number of alkyl halides is 3. The summed E-state index contributed by atoms with van der Waals surface area (Å²) in [6.45, 7) is 0. The number of aliphatic hydroxyl groups excluding tert-OH is 1. The Morgan fingerprint density at radius 2 is 1.75 bits per heavy atom. The second kappa shape index (κ2) is 6.88. The number of halogens is 4. The van der Waals surface area contributed by atoms with Crippen LogP contribution in [0.25, 0.3) is 0 Å². The maximum Gasteiger partial charge on any atom is 0.416 e. The lowest BCUT2D eigenvalue weighted by Gasteiger charge is -2.21. The number of nitrogens with one attached hydrogen (secondary N) is 1. The van der Waals surface area contributed by atoms with Gasteiger partial charge in [-0.25, -0.2) is 4.39 Å². The van der Waals surface area contributed by atoms with Gasteiger partial charge in [-0.2, -0.15) is 13.2 Å². The first-order valence-corrected chi connectivity index (χ1v) is 8.69. The molecule has 2 aromatic rings. The molecule has 2 aliphatic rings. The lowest BCUT2D eigenvalue weighted by molar-refractivity contribution is -0.138. The van der Waals surface area contributed by atoms with Crippen LogP contribution in [0.15, 0.2) is 48.6 Å². The molecule has 148 valence electrons. The summed E-state index contributed by atoms with van der Waals surface area (Å²) < 4.78 is 59.2. The summed E-state index contributed by atoms with van der Waals surface area (Å²) in [6.07, 6.45) is -3.20. The molecule has 0 aromatic heterocycles. The van der Waals surface area contributed by atoms with E-state index in [1.807, 2.05) is 6.08 Å². The van der Waals surface area contributed by atoms with E-state index in [2.05, 4.69) is 5.32 Å². The van der Waals surface area contributed by atoms with E-state index in [0.29, 0.717) is 5.56 Å². The van der Waals surface area contributed by atoms with Crippen LogP contribution in [0.3, 0.4) is 0 Å². The Hall–Kier alpha value is -2.42. The molecule has 2 heterocycles. The van der Waals surface area contributed by atoms with Crippen molar-refractivity contribution < 1.29 is 32.5 Å². The first-order valence-electron chi connectivity index (χ1n) is 8.69. The molecule has 28 heavy (non-hydrogen) atoms. The maximum atomic E-state index is 14.0. The van der Waals surface area contributed by atoms with Crippen LogP contribution in [-0.4, -0.2) is 22.4 Å². The third-order valence-corrected chi connectivity index (χ3v) is 5.07. The summed E-state index contributed by atoms with van der Waals surface area (Å²) in [5, 5.41) is 21.5. The van der Waals surface area contributed by atoms with Gasteiger partial charge in [0.2, 0.25) is 0 Å². The normalized spacial score (nSPS) is 23.9. The van der Waals surface area contributed by atoms with Crippen LogP contribution in [0.2, 0.25) is 0 Å². The van der Waals surface area contributed by atoms with Crippen LogP contribution in [0.4, 0.5) is 17.6 Å². The Kier molecular flexibility index (Phi) is 4.65. The molecule has 4 rings (SSSR count). The van der Waals surface area contributed by atoms with Gasteiger partial charge in [-0.1, -0.05) is 36.4 Å². The topological polar surface area (TPSA) is 61.7 Å². The zero-order valence-electron chi connectivity index (χ0n) is 14.4. The Balaban J connectivity index is 1.50. The van der Waals surface area contributed by atoms with Crippen molar-refractivity contribution in [2.75, 3.05) is 0 Å². The molecule has 0 radical (unpaired) electrons. The van der Waals surface area contributed by atoms with Crippen LogP contribution < -0.4 is 10.1 Å². The molecule has 4 nitrogen and oxygen atoms in total. The molecular formula is C20H17F4NO3. The summed E-state index contributed by atoms with van der Waals surface area (Å²) in [6, 6.07) is 7.54. The molecule has 3 unspecified atom stereocenters. The van der Waals surface area contributed by atoms with Crippen molar-refractivity contribution in [1.29, 1.82) is 0 Å². The standard InChI is InChI=1S/C20H17F4NO3/c21-14-6-5-13(20(22,23)24)12-9-17(28-18(12)14)16-8-7-15(25-16)10-1-3-11(4-2-10)19(26)27/h1-8,15-17,19,25-27H,9H2. The van der Waals surface area contributed by atoms with Gasteiger partial charge in [-0.15, -0.1) is 0 Å². The number of hydrogen-bond acceptors (Lipinski definition) is 4. The predicted octanol–water partition coefficient (Wildman–Crippen LogP) is 3.40. The van der Waals surface area contributed by atoms with Crippen LogP contribution in [0.1, 0.15) is 34.6 Å². The lowest BCUT2D eigenvalue weighted by atomic mass is 9.99. The number of aliphatic hydroxyl groups is 2. The summed E-state index contributed by atoms with van der Waals surface area (Å²) >= 11 is 0. The third-order valence-electron chi connectivity index (χ3n) is 5.07. The Morgan fingerprint density at radius 1 is 1.04 bits per heavy atom. The molecule has 0 bridgehead atoms. The first kappa shape index (κ1) is 18.9. The smallest absolute Gasteiger partial charge is 0.416 e. The zero-order valence-corrected chi connectivity index (χ0v) is 14.4. The van der Waals surface area contributed by atoms with Crippen LogP contribution in [0, 0.1) is 5.82 Å². The Bertz CT molecular complexity index is 909. The van der Waals surface area contributed by atoms with E-state index in [9.17, 15) is 17.6 Å². The van der Waals surface area contributed by atoms with Gasteiger partial charge in [0.05, 0.1) is 17.6 Å². The highest BCUT2D eigenvalue weighted by Gasteiger charge is 2.41. The zero-order chi connectivity index (χ0) is 20.1. The van der Waals surface area contributed by atoms with E-state index in [4.69, 9.17) is 14.9 Å². The maximum absolute atomic E-state index is 14.0. The summed E-state index contributed by atoms with van der Waals surface area (Å²) in [7, 11) is 0. The lowest BCUT2D eigenvalue weighted by Crippen LogP contribution is -2.39. The van der Waals surface area contributed by atoms with E-state index in [0.717, 1.165) is 17.7 Å². The number of fused-ring (bicyclic) bond motifs is 1. The van der Waals surface area contributed by atoms with Gasteiger partial charge in [-0.05, 0) is 17.7 Å². The second-order valence-corrected chi connectivity index (χ2v) is 6.86. The molecule has 2 aliphatic heterocycles. The van der Waals surface area contributed by atoms with Gasteiger partial charge in [0.25, 0.3) is 0 Å². The molecule has 0 amide bonds. The molecule has 0 saturated heterocycles. The summed E-state index contributed by atoms with van der Waals surface area (Å²) in [4.78, 5) is 0. The fourth-order valence-electron chi connectivity index (χ4n) is 3.65. The van der Waals surface area contributed by atoms with Gasteiger partial charge in [-0.3, -0.25) is 5.32 Å². The summed E-state index contributed by atoms with van der Waals surface area (Å²) in [5.41, 5.74) is 0.174. The molecular weight excluding hydrogens is 378 g/mol. The van der Waals surface area contributed by atoms with Crippen molar-refractivity contribution in [3.8, 4) is 5.75 Å². The van der Waals surface area contributed by atoms with E-state index in [-0.39, 0.29) is 29.8 Å². The van der Waals surface area contributed by atoms with Crippen molar-refractivity contribution >= 4 is 0 Å². The largest absolute Gasteiger partial charge is 0.485 e. The Morgan fingerprint density at radius 3 is 2.39 bits per heavy atom. The van der Waals surface area contributed by atoms with Crippen LogP contribution in [-0.2, 0) is 12.6 Å². The average molecular weight is 395 g/mol. The average Bonchev–Trinajstić information content (AvgIpc) is 3.28. The van der Waals surface area contributed by atoms with Crippen molar-refractivity contribution in [2.24, 2.45) is 0 Å². The number of hydrogen-bond donors (Lipinski definition) is 3. The molecule has 0 spiro atoms. The monoisotopic (exact) mass is 395 g/mol. The fraction of sp³-hybridized carbons (Fsp3) is 0.300. The molecule has 0 aliphatic carbocycles. The Labute approximate surface area is 158 Å². The van der Waals surface area contributed by atoms with Gasteiger partial charge in [0.15, 0.2) is 17.9 Å². The fourth-order valence-corrected chi connectivity index (χ4v) is 3.65. The molecule has 3 atom stereocenters. The highest BCUT2D eigenvalue weighted by molar-refractivity contribution is 5.47. The SMILES string of the molecule is OC(O)c1ccc(C2C=CC(C3Cc4c(C(F)(F)F)ccc(F)c4O3)N2)cc1. The van der Waals surface area contributed by atoms with Gasteiger partial charge in [0.1, 0.15) is 6.10 Å². The molecule has 8 heteroatoms. The van der Waals surface area contributed by atoms with E-state index >= 15 is 0 Å². The van der Waals surface area contributed by atoms with Crippen molar-refractivity contribution in [2.45, 2.75) is 37.1 Å². The van der Waals surface area contributed by atoms with Crippen LogP contribution in [0.5, 0.6) is 5.75 Å². The highest BCUT2D eigenvalue weighted by Crippen LogP contribution is 2.42. The third kappa shape index (κ3) is 3.39. The molecule has 3 N–H and O–H groups in total. The number of benzene rings is 2. The van der Waals surface area contributed by atoms with Crippen molar-refractivity contribution in [3.05, 3.63) is 76.6 Å². The number of rotatable bonds is 3. The predicted molar refractivity (Wildman–Crippen MR) is 91.9 cm³/mol. The minimum Gasteiger partial charge on any atom is -0.485 e. The van der Waals surface area contributed by atoms with E-state index in [1.165, 1.54) is 0 Å². The van der Waals surface area contributed by atoms with E-state index in [1.54, 1.807) is 30.3 Å². The summed E-state index contributed by atoms with van der Waals surface area (Å²) in [5.74, 6) is -1.14.